The third-order valence-corrected chi connectivity index (χ3v) is 3.59. The Hall–Kier alpha value is -1.71. The first-order valence-corrected chi connectivity index (χ1v) is 6.91. The highest BCUT2D eigenvalue weighted by atomic mass is 16.5. The molecule has 0 saturated heterocycles. The lowest BCUT2D eigenvalue weighted by molar-refractivity contribution is -0.142. The van der Waals surface area contributed by atoms with Gasteiger partial charge in [0.05, 0.1) is 12.5 Å². The highest BCUT2D eigenvalue weighted by Gasteiger charge is 2.25. The smallest absolute Gasteiger partial charge is 0.306 e. The van der Waals surface area contributed by atoms with Gasteiger partial charge in [0.2, 0.25) is 0 Å². The van der Waals surface area contributed by atoms with Gasteiger partial charge in [-0.3, -0.25) is 4.79 Å². The number of aliphatic carboxylic acids is 1. The molecule has 0 radical (unpaired) electrons. The lowest BCUT2D eigenvalue weighted by Crippen LogP contribution is -2.29. The van der Waals surface area contributed by atoms with Crippen LogP contribution in [0.4, 0.5) is 5.69 Å². The standard InChI is InChI=1S/C15H21NO3/c1-2-19-14-5-3-4-13(10-14)16-12-8-6-11(7-9-12)15(17)18/h3-5,10-12,16H,2,6-9H2,1H3,(H,17,18). The molecule has 0 bridgehead atoms. The van der Waals surface area contributed by atoms with Crippen molar-refractivity contribution in [3.05, 3.63) is 24.3 Å². The van der Waals surface area contributed by atoms with Crippen molar-refractivity contribution in [1.82, 2.24) is 0 Å². The van der Waals surface area contributed by atoms with Crippen molar-refractivity contribution in [2.24, 2.45) is 5.92 Å². The third kappa shape index (κ3) is 3.88. The number of hydrogen-bond acceptors (Lipinski definition) is 3. The fourth-order valence-electron chi connectivity index (χ4n) is 2.56. The van der Waals surface area contributed by atoms with Gasteiger partial charge in [-0.05, 0) is 44.7 Å². The van der Waals surface area contributed by atoms with E-state index < -0.39 is 5.97 Å². The van der Waals surface area contributed by atoms with Gasteiger partial charge >= 0.3 is 5.97 Å². The topological polar surface area (TPSA) is 58.6 Å². The van der Waals surface area contributed by atoms with Gasteiger partial charge in [0.15, 0.2) is 0 Å². The second kappa shape index (κ2) is 6.45. The average molecular weight is 263 g/mol. The summed E-state index contributed by atoms with van der Waals surface area (Å²) in [6.45, 7) is 2.63. The van der Waals surface area contributed by atoms with Crippen molar-refractivity contribution >= 4 is 11.7 Å². The molecule has 1 aromatic carbocycles. The predicted molar refractivity (Wildman–Crippen MR) is 74.6 cm³/mol. The molecule has 0 heterocycles. The van der Waals surface area contributed by atoms with Crippen molar-refractivity contribution < 1.29 is 14.6 Å². The maximum Gasteiger partial charge on any atom is 0.306 e. The molecule has 0 amide bonds. The molecule has 19 heavy (non-hydrogen) atoms. The van der Waals surface area contributed by atoms with Gasteiger partial charge in [0, 0.05) is 17.8 Å². The van der Waals surface area contributed by atoms with E-state index in [1.54, 1.807) is 0 Å². The zero-order chi connectivity index (χ0) is 13.7. The minimum atomic E-state index is -0.656. The lowest BCUT2D eigenvalue weighted by Gasteiger charge is -2.27. The van der Waals surface area contributed by atoms with Crippen LogP contribution in [0, 0.1) is 5.92 Å². The van der Waals surface area contributed by atoms with E-state index in [9.17, 15) is 4.79 Å². The Morgan fingerprint density at radius 1 is 1.37 bits per heavy atom. The Morgan fingerprint density at radius 3 is 2.74 bits per heavy atom. The maximum atomic E-state index is 10.9. The minimum Gasteiger partial charge on any atom is -0.494 e. The quantitative estimate of drug-likeness (QED) is 0.856. The van der Waals surface area contributed by atoms with Gasteiger partial charge in [0.1, 0.15) is 5.75 Å². The number of benzene rings is 1. The van der Waals surface area contributed by atoms with Crippen LogP contribution in [-0.4, -0.2) is 23.7 Å². The van der Waals surface area contributed by atoms with Crippen LogP contribution in [0.15, 0.2) is 24.3 Å². The van der Waals surface area contributed by atoms with E-state index in [1.807, 2.05) is 31.2 Å². The monoisotopic (exact) mass is 263 g/mol. The molecule has 0 spiro atoms. The number of carbonyl (C=O) groups is 1. The van der Waals surface area contributed by atoms with E-state index in [4.69, 9.17) is 9.84 Å². The number of ether oxygens (including phenoxy) is 1. The summed E-state index contributed by atoms with van der Waals surface area (Å²) in [7, 11) is 0. The van der Waals surface area contributed by atoms with E-state index in [0.29, 0.717) is 12.6 Å². The summed E-state index contributed by atoms with van der Waals surface area (Å²) < 4.78 is 5.47. The molecule has 4 nitrogen and oxygen atoms in total. The summed E-state index contributed by atoms with van der Waals surface area (Å²) in [4.78, 5) is 10.9. The highest BCUT2D eigenvalue weighted by molar-refractivity contribution is 5.70. The average Bonchev–Trinajstić information content (AvgIpc) is 2.40. The van der Waals surface area contributed by atoms with Crippen LogP contribution in [-0.2, 0) is 4.79 Å². The number of carboxylic acids is 1. The van der Waals surface area contributed by atoms with Gasteiger partial charge in [0.25, 0.3) is 0 Å². The SMILES string of the molecule is CCOc1cccc(NC2CCC(C(=O)O)CC2)c1. The van der Waals surface area contributed by atoms with Crippen molar-refractivity contribution in [3.63, 3.8) is 0 Å². The predicted octanol–water partition coefficient (Wildman–Crippen LogP) is 3.14. The molecule has 0 atom stereocenters. The summed E-state index contributed by atoms with van der Waals surface area (Å²) in [5.41, 5.74) is 1.05. The van der Waals surface area contributed by atoms with Gasteiger partial charge in [-0.2, -0.15) is 0 Å². The normalized spacial score (nSPS) is 22.8. The summed E-state index contributed by atoms with van der Waals surface area (Å²) in [6, 6.07) is 8.29. The van der Waals surface area contributed by atoms with Gasteiger partial charge < -0.3 is 15.2 Å². The molecule has 1 aliphatic carbocycles. The number of anilines is 1. The minimum absolute atomic E-state index is 0.159. The number of rotatable bonds is 5. The molecule has 1 aliphatic rings. The van der Waals surface area contributed by atoms with Crippen LogP contribution < -0.4 is 10.1 Å². The summed E-state index contributed by atoms with van der Waals surface area (Å²) >= 11 is 0. The zero-order valence-corrected chi connectivity index (χ0v) is 11.3. The fraction of sp³-hybridized carbons (Fsp3) is 0.533. The van der Waals surface area contributed by atoms with E-state index in [-0.39, 0.29) is 5.92 Å². The molecule has 0 unspecified atom stereocenters. The van der Waals surface area contributed by atoms with Crippen molar-refractivity contribution in [1.29, 1.82) is 0 Å². The Balaban J connectivity index is 1.88. The van der Waals surface area contributed by atoms with E-state index in [1.165, 1.54) is 0 Å². The summed E-state index contributed by atoms with van der Waals surface area (Å²) in [6.07, 6.45) is 3.35. The Kier molecular flexibility index (Phi) is 4.66. The summed E-state index contributed by atoms with van der Waals surface area (Å²) in [5, 5.41) is 12.4. The van der Waals surface area contributed by atoms with Crippen LogP contribution >= 0.6 is 0 Å². The molecule has 1 fully saturated rings. The first-order chi connectivity index (χ1) is 9.19. The molecular weight excluding hydrogens is 242 g/mol. The molecule has 0 aromatic heterocycles. The molecule has 0 aliphatic heterocycles. The Morgan fingerprint density at radius 2 is 2.11 bits per heavy atom. The number of nitrogens with one attached hydrogen (secondary N) is 1. The molecular formula is C15H21NO3. The second-order valence-electron chi connectivity index (χ2n) is 4.99. The van der Waals surface area contributed by atoms with Gasteiger partial charge in [-0.15, -0.1) is 0 Å². The van der Waals surface area contributed by atoms with E-state index in [2.05, 4.69) is 5.32 Å². The molecule has 4 heteroatoms. The van der Waals surface area contributed by atoms with Crippen LogP contribution in [0.3, 0.4) is 0 Å². The third-order valence-electron chi connectivity index (χ3n) is 3.59. The van der Waals surface area contributed by atoms with Crippen molar-refractivity contribution in [2.45, 2.75) is 38.6 Å². The van der Waals surface area contributed by atoms with Crippen molar-refractivity contribution in [3.8, 4) is 5.75 Å². The lowest BCUT2D eigenvalue weighted by atomic mass is 9.86. The Bertz CT molecular complexity index is 425. The first kappa shape index (κ1) is 13.7. The van der Waals surface area contributed by atoms with Gasteiger partial charge in [-0.1, -0.05) is 6.07 Å². The largest absolute Gasteiger partial charge is 0.494 e. The highest BCUT2D eigenvalue weighted by Crippen LogP contribution is 2.27. The zero-order valence-electron chi connectivity index (χ0n) is 11.3. The molecule has 2 N–H and O–H groups in total. The molecule has 1 aromatic rings. The van der Waals surface area contributed by atoms with Crippen LogP contribution in [0.1, 0.15) is 32.6 Å². The van der Waals surface area contributed by atoms with E-state index >= 15 is 0 Å². The summed E-state index contributed by atoms with van der Waals surface area (Å²) in [5.74, 6) is 0.0522. The van der Waals surface area contributed by atoms with Crippen molar-refractivity contribution in [2.75, 3.05) is 11.9 Å². The number of carboxylic acid groups (broad SMARTS) is 1. The fourth-order valence-corrected chi connectivity index (χ4v) is 2.56. The van der Waals surface area contributed by atoms with Crippen LogP contribution in [0.5, 0.6) is 5.75 Å². The van der Waals surface area contributed by atoms with Crippen LogP contribution in [0.25, 0.3) is 0 Å². The molecule has 104 valence electrons. The van der Waals surface area contributed by atoms with Gasteiger partial charge in [-0.25, -0.2) is 0 Å². The van der Waals surface area contributed by atoms with E-state index in [0.717, 1.165) is 37.1 Å². The Labute approximate surface area is 113 Å². The van der Waals surface area contributed by atoms with Crippen LogP contribution in [0.2, 0.25) is 0 Å². The maximum absolute atomic E-state index is 10.9. The second-order valence-corrected chi connectivity index (χ2v) is 4.99. The first-order valence-electron chi connectivity index (χ1n) is 6.91. The molecule has 1 saturated carbocycles. The molecule has 2 rings (SSSR count). The number of hydrogen-bond donors (Lipinski definition) is 2.